The van der Waals surface area contributed by atoms with E-state index in [4.69, 9.17) is 25.2 Å². The number of carbonyl (C=O) groups excluding carboxylic acids is 1. The normalized spacial score (nSPS) is 13.9. The van der Waals surface area contributed by atoms with Crippen molar-refractivity contribution in [2.75, 3.05) is 20.3 Å². The minimum Gasteiger partial charge on any atom is -0.314 e. The monoisotopic (exact) mass is 551 g/mol. The SMILES string of the molecule is CCOP(=O)(OCC)O[C@@H](CC)[C@@H](CC(=O)Cn1cnc2cc(Br)c(Cl)cc2c1=O)NC. The number of hydrogen-bond donors (Lipinski definition) is 1. The van der Waals surface area contributed by atoms with Crippen molar-refractivity contribution in [2.24, 2.45) is 0 Å². The summed E-state index contributed by atoms with van der Waals surface area (Å²) < 4.78 is 30.7. The van der Waals surface area contributed by atoms with Crippen molar-refractivity contribution < 1.29 is 22.9 Å². The van der Waals surface area contributed by atoms with Gasteiger partial charge >= 0.3 is 7.82 Å². The topological polar surface area (TPSA) is 109 Å². The molecule has 2 rings (SSSR count). The molecule has 0 unspecified atom stereocenters. The van der Waals surface area contributed by atoms with Crippen LogP contribution in [0.15, 0.2) is 27.7 Å². The number of fused-ring (bicyclic) bond motifs is 1. The third kappa shape index (κ3) is 6.93. The average Bonchev–Trinajstić information content (AvgIpc) is 2.74. The van der Waals surface area contributed by atoms with Crippen LogP contribution in [0.5, 0.6) is 0 Å². The zero-order chi connectivity index (χ0) is 23.9. The first kappa shape index (κ1) is 27.1. The van der Waals surface area contributed by atoms with E-state index in [0.29, 0.717) is 26.8 Å². The number of carbonyl (C=O) groups is 1. The molecule has 0 saturated heterocycles. The summed E-state index contributed by atoms with van der Waals surface area (Å²) in [7, 11) is -2.07. The Labute approximate surface area is 200 Å². The largest absolute Gasteiger partial charge is 0.475 e. The molecule has 2 aromatic rings. The number of ketones is 1. The first-order valence-electron chi connectivity index (χ1n) is 10.3. The van der Waals surface area contributed by atoms with E-state index in [2.05, 4.69) is 26.2 Å². The lowest BCUT2D eigenvalue weighted by Gasteiger charge is -2.28. The molecule has 1 heterocycles. The predicted octanol–water partition coefficient (Wildman–Crippen LogP) is 4.34. The molecule has 0 fully saturated rings. The second kappa shape index (κ2) is 12.4. The Hall–Kier alpha value is -1.13. The Balaban J connectivity index is 2.17. The summed E-state index contributed by atoms with van der Waals surface area (Å²) in [6.07, 6.45) is 1.24. The van der Waals surface area contributed by atoms with Crippen molar-refractivity contribution in [3.8, 4) is 0 Å². The van der Waals surface area contributed by atoms with Gasteiger partial charge in [-0.1, -0.05) is 18.5 Å². The van der Waals surface area contributed by atoms with Crippen LogP contribution in [-0.2, 0) is 29.5 Å². The van der Waals surface area contributed by atoms with Crippen LogP contribution in [0.1, 0.15) is 33.6 Å². The average molecular weight is 553 g/mol. The summed E-state index contributed by atoms with van der Waals surface area (Å²) in [4.78, 5) is 29.8. The number of phosphoric ester groups is 1. The van der Waals surface area contributed by atoms with Crippen molar-refractivity contribution >= 4 is 52.0 Å². The van der Waals surface area contributed by atoms with Gasteiger partial charge in [0.05, 0.1) is 48.1 Å². The molecule has 0 bridgehead atoms. The molecule has 0 radical (unpaired) electrons. The smallest absolute Gasteiger partial charge is 0.314 e. The zero-order valence-electron chi connectivity index (χ0n) is 18.5. The van der Waals surface area contributed by atoms with E-state index in [-0.39, 0.29) is 37.5 Å². The van der Waals surface area contributed by atoms with Gasteiger partial charge in [-0.15, -0.1) is 0 Å². The standard InChI is InChI=1S/C20H28BrClN3O6P/c1-5-19(31-32(28,29-6-2)30-7-3)18(23-4)8-13(26)11-25-12-24-17-10-15(21)16(22)9-14(17)20(25)27/h9-10,12,18-19,23H,5-8,11H2,1-4H3/t18-,19+/m1/s1. The number of aromatic nitrogens is 2. The molecule has 178 valence electrons. The molecule has 1 N–H and O–H groups in total. The third-order valence-electron chi connectivity index (χ3n) is 4.72. The molecule has 1 aromatic heterocycles. The van der Waals surface area contributed by atoms with Crippen LogP contribution in [-0.4, -0.2) is 47.7 Å². The maximum Gasteiger partial charge on any atom is 0.475 e. The molecule has 12 heteroatoms. The number of Topliss-reactive ketones (excluding diaryl/α,β-unsaturated/α-hetero) is 1. The Morgan fingerprint density at radius 3 is 2.50 bits per heavy atom. The fourth-order valence-electron chi connectivity index (χ4n) is 3.20. The van der Waals surface area contributed by atoms with Crippen LogP contribution in [0, 0.1) is 0 Å². The number of rotatable bonds is 13. The number of nitrogens with one attached hydrogen (secondary N) is 1. The van der Waals surface area contributed by atoms with Crippen LogP contribution in [0.25, 0.3) is 10.9 Å². The number of likely N-dealkylation sites (N-methyl/N-ethyl adjacent to an activating group) is 1. The molecular formula is C20H28BrClN3O6P. The molecule has 2 atom stereocenters. The lowest BCUT2D eigenvalue weighted by molar-refractivity contribution is -0.120. The Kier molecular flexibility index (Phi) is 10.5. The quantitative estimate of drug-likeness (QED) is 0.366. The fraction of sp³-hybridized carbons (Fsp3) is 0.550. The molecule has 32 heavy (non-hydrogen) atoms. The van der Waals surface area contributed by atoms with Gasteiger partial charge in [-0.25, -0.2) is 9.55 Å². The first-order valence-corrected chi connectivity index (χ1v) is 12.9. The highest BCUT2D eigenvalue weighted by Gasteiger charge is 2.33. The van der Waals surface area contributed by atoms with Crippen molar-refractivity contribution in [3.63, 3.8) is 0 Å². The predicted molar refractivity (Wildman–Crippen MR) is 127 cm³/mol. The molecule has 9 nitrogen and oxygen atoms in total. The number of halogens is 2. The van der Waals surface area contributed by atoms with Crippen molar-refractivity contribution in [2.45, 2.75) is 52.3 Å². The maximum atomic E-state index is 12.8. The van der Waals surface area contributed by atoms with Gasteiger partial charge in [-0.2, -0.15) is 0 Å². The van der Waals surface area contributed by atoms with Crippen molar-refractivity contribution in [1.29, 1.82) is 0 Å². The molecular weight excluding hydrogens is 525 g/mol. The molecule has 0 aliphatic heterocycles. The van der Waals surface area contributed by atoms with Gasteiger partial charge in [0.1, 0.15) is 0 Å². The van der Waals surface area contributed by atoms with Gasteiger partial charge in [0, 0.05) is 16.9 Å². The molecule has 0 saturated carbocycles. The zero-order valence-corrected chi connectivity index (χ0v) is 21.7. The van der Waals surface area contributed by atoms with Crippen LogP contribution in [0.2, 0.25) is 5.02 Å². The van der Waals surface area contributed by atoms with Crippen LogP contribution in [0.3, 0.4) is 0 Å². The first-order chi connectivity index (χ1) is 15.2. The number of nitrogens with zero attached hydrogens (tertiary/aromatic N) is 2. The van der Waals surface area contributed by atoms with Gasteiger partial charge < -0.3 is 5.32 Å². The lowest BCUT2D eigenvalue weighted by atomic mass is 10.0. The fourth-order valence-corrected chi connectivity index (χ4v) is 5.15. The number of phosphoric acid groups is 1. The summed E-state index contributed by atoms with van der Waals surface area (Å²) >= 11 is 9.40. The second-order valence-corrected chi connectivity index (χ2v) is 9.82. The Bertz CT molecular complexity index is 1040. The van der Waals surface area contributed by atoms with Gasteiger partial charge in [0.15, 0.2) is 5.78 Å². The van der Waals surface area contributed by atoms with E-state index in [1.165, 1.54) is 17.0 Å². The van der Waals surface area contributed by atoms with Crippen molar-refractivity contribution in [3.05, 3.63) is 38.3 Å². The minimum atomic E-state index is -3.75. The number of benzene rings is 1. The summed E-state index contributed by atoms with van der Waals surface area (Å²) in [5.41, 5.74) is 0.115. The van der Waals surface area contributed by atoms with E-state index < -0.39 is 20.0 Å². The minimum absolute atomic E-state index is 0.0405. The number of hydrogen-bond acceptors (Lipinski definition) is 8. The van der Waals surface area contributed by atoms with Gasteiger partial charge in [-0.05, 0) is 55.4 Å². The summed E-state index contributed by atoms with van der Waals surface area (Å²) in [6.45, 7) is 5.39. The maximum absolute atomic E-state index is 12.8. The van der Waals surface area contributed by atoms with E-state index in [0.717, 1.165) is 0 Å². The van der Waals surface area contributed by atoms with Crippen LogP contribution < -0.4 is 10.9 Å². The lowest BCUT2D eigenvalue weighted by Crippen LogP contribution is -2.41. The van der Waals surface area contributed by atoms with Crippen molar-refractivity contribution in [1.82, 2.24) is 14.9 Å². The Morgan fingerprint density at radius 2 is 1.94 bits per heavy atom. The second-order valence-electron chi connectivity index (χ2n) is 6.93. The van der Waals surface area contributed by atoms with Crippen LogP contribution >= 0.6 is 35.4 Å². The van der Waals surface area contributed by atoms with E-state index >= 15 is 0 Å². The highest BCUT2D eigenvalue weighted by Crippen LogP contribution is 2.51. The third-order valence-corrected chi connectivity index (χ3v) is 7.60. The molecule has 0 amide bonds. The molecule has 0 aliphatic carbocycles. The molecule has 0 aliphatic rings. The summed E-state index contributed by atoms with van der Waals surface area (Å²) in [5.74, 6) is -0.222. The van der Waals surface area contributed by atoms with E-state index in [1.807, 2.05) is 6.92 Å². The summed E-state index contributed by atoms with van der Waals surface area (Å²) in [5, 5.41) is 3.73. The van der Waals surface area contributed by atoms with E-state index in [9.17, 15) is 14.2 Å². The highest BCUT2D eigenvalue weighted by molar-refractivity contribution is 9.10. The van der Waals surface area contributed by atoms with Gasteiger partial charge in [0.25, 0.3) is 5.56 Å². The highest BCUT2D eigenvalue weighted by atomic mass is 79.9. The Morgan fingerprint density at radius 1 is 1.28 bits per heavy atom. The van der Waals surface area contributed by atoms with E-state index in [1.54, 1.807) is 27.0 Å². The van der Waals surface area contributed by atoms with Gasteiger partial charge in [-0.3, -0.25) is 27.7 Å². The summed E-state index contributed by atoms with van der Waals surface area (Å²) in [6, 6.07) is 2.71. The molecule has 0 spiro atoms. The van der Waals surface area contributed by atoms with Gasteiger partial charge in [0.2, 0.25) is 0 Å². The molecule has 1 aromatic carbocycles. The van der Waals surface area contributed by atoms with Crippen LogP contribution in [0.4, 0.5) is 0 Å².